The van der Waals surface area contributed by atoms with Gasteiger partial charge in [0.1, 0.15) is 0 Å². The predicted octanol–water partition coefficient (Wildman–Crippen LogP) is 4.68. The van der Waals surface area contributed by atoms with Crippen molar-refractivity contribution in [2.75, 3.05) is 11.6 Å². The molecule has 6 heteroatoms. The zero-order valence-electron chi connectivity index (χ0n) is 11.1. The minimum atomic E-state index is -4.46. The second kappa shape index (κ2) is 6.22. The van der Waals surface area contributed by atoms with Crippen LogP contribution >= 0.6 is 11.8 Å². The lowest BCUT2D eigenvalue weighted by molar-refractivity contribution is -0.137. The average Bonchev–Trinajstić information content (AvgIpc) is 2.46. The van der Waals surface area contributed by atoms with Crippen LogP contribution in [0.3, 0.4) is 0 Å². The molecular weight excluding hydrogens is 299 g/mol. The summed E-state index contributed by atoms with van der Waals surface area (Å²) in [5.41, 5.74) is -0.323. The van der Waals surface area contributed by atoms with Gasteiger partial charge in [-0.25, -0.2) is 0 Å². The molecule has 1 amide bonds. The minimum Gasteiger partial charge on any atom is -0.322 e. The number of anilines is 1. The van der Waals surface area contributed by atoms with E-state index >= 15 is 0 Å². The fourth-order valence-electron chi connectivity index (χ4n) is 1.74. The molecule has 0 radical (unpaired) electrons. The molecule has 0 saturated heterocycles. The van der Waals surface area contributed by atoms with E-state index in [0.29, 0.717) is 5.69 Å². The van der Waals surface area contributed by atoms with Gasteiger partial charge in [0.15, 0.2) is 0 Å². The number of halogens is 3. The highest BCUT2D eigenvalue weighted by atomic mass is 32.2. The maximum atomic E-state index is 12.6. The van der Waals surface area contributed by atoms with Crippen LogP contribution in [-0.2, 0) is 6.18 Å². The van der Waals surface area contributed by atoms with Crippen LogP contribution < -0.4 is 5.32 Å². The molecule has 0 saturated carbocycles. The van der Waals surface area contributed by atoms with Crippen molar-refractivity contribution in [3.8, 4) is 0 Å². The summed E-state index contributed by atoms with van der Waals surface area (Å²) in [6.07, 6.45) is -2.57. The zero-order valence-corrected chi connectivity index (χ0v) is 11.9. The molecule has 0 aromatic heterocycles. The first-order chi connectivity index (χ1) is 9.90. The molecule has 21 heavy (non-hydrogen) atoms. The van der Waals surface area contributed by atoms with Crippen LogP contribution in [0.2, 0.25) is 0 Å². The minimum absolute atomic E-state index is 0.0284. The quantitative estimate of drug-likeness (QED) is 0.834. The van der Waals surface area contributed by atoms with E-state index in [1.807, 2.05) is 12.3 Å². The third-order valence-corrected chi connectivity index (χ3v) is 3.51. The monoisotopic (exact) mass is 311 g/mol. The number of amides is 1. The Morgan fingerprint density at radius 2 is 1.81 bits per heavy atom. The molecule has 0 spiro atoms. The highest BCUT2D eigenvalue weighted by molar-refractivity contribution is 7.98. The summed E-state index contributed by atoms with van der Waals surface area (Å²) in [7, 11) is 0. The fraction of sp³-hybridized carbons (Fsp3) is 0.133. The number of nitrogens with one attached hydrogen (secondary N) is 1. The van der Waals surface area contributed by atoms with Crippen LogP contribution in [-0.4, -0.2) is 12.2 Å². The van der Waals surface area contributed by atoms with Gasteiger partial charge in [-0.15, -0.1) is 11.8 Å². The van der Waals surface area contributed by atoms with Crippen molar-refractivity contribution < 1.29 is 18.0 Å². The second-order valence-electron chi connectivity index (χ2n) is 4.26. The van der Waals surface area contributed by atoms with Crippen molar-refractivity contribution in [3.05, 3.63) is 59.7 Å². The molecule has 0 unspecified atom stereocenters. The van der Waals surface area contributed by atoms with Gasteiger partial charge in [0, 0.05) is 16.1 Å². The number of hydrogen-bond donors (Lipinski definition) is 1. The lowest BCUT2D eigenvalue weighted by Crippen LogP contribution is -2.13. The molecule has 2 aromatic carbocycles. The number of thioether (sulfide) groups is 1. The van der Waals surface area contributed by atoms with E-state index in [9.17, 15) is 18.0 Å². The van der Waals surface area contributed by atoms with E-state index in [0.717, 1.165) is 17.0 Å². The standard InChI is InChI=1S/C15H12F3NOS/c1-21-13-7-3-6-12(9-13)19-14(20)10-4-2-5-11(8-10)15(16,17)18/h2-9H,1H3,(H,19,20). The molecule has 110 valence electrons. The van der Waals surface area contributed by atoms with Crippen molar-refractivity contribution >= 4 is 23.4 Å². The van der Waals surface area contributed by atoms with Crippen LogP contribution in [0, 0.1) is 0 Å². The highest BCUT2D eigenvalue weighted by Crippen LogP contribution is 2.29. The smallest absolute Gasteiger partial charge is 0.322 e. The van der Waals surface area contributed by atoms with Gasteiger partial charge in [0.25, 0.3) is 5.91 Å². The Kier molecular flexibility index (Phi) is 4.57. The largest absolute Gasteiger partial charge is 0.416 e. The third kappa shape index (κ3) is 4.01. The van der Waals surface area contributed by atoms with Gasteiger partial charge < -0.3 is 5.32 Å². The van der Waals surface area contributed by atoms with E-state index in [4.69, 9.17) is 0 Å². The maximum absolute atomic E-state index is 12.6. The van der Waals surface area contributed by atoms with Crippen molar-refractivity contribution in [2.45, 2.75) is 11.1 Å². The molecule has 0 atom stereocenters. The first-order valence-corrected chi connectivity index (χ1v) is 7.25. The molecule has 0 heterocycles. The van der Waals surface area contributed by atoms with E-state index < -0.39 is 17.6 Å². The summed E-state index contributed by atoms with van der Waals surface area (Å²) in [4.78, 5) is 13.0. The molecule has 0 aliphatic rings. The van der Waals surface area contributed by atoms with Gasteiger partial charge in [-0.1, -0.05) is 12.1 Å². The second-order valence-corrected chi connectivity index (χ2v) is 5.14. The number of rotatable bonds is 3. The molecule has 2 rings (SSSR count). The van der Waals surface area contributed by atoms with Crippen molar-refractivity contribution in [3.63, 3.8) is 0 Å². The Bertz CT molecular complexity index is 655. The van der Waals surface area contributed by atoms with Gasteiger partial charge in [0.2, 0.25) is 0 Å². The normalized spacial score (nSPS) is 11.2. The Morgan fingerprint density at radius 3 is 2.48 bits per heavy atom. The van der Waals surface area contributed by atoms with Crippen LogP contribution in [0.4, 0.5) is 18.9 Å². The molecule has 0 aliphatic carbocycles. The number of alkyl halides is 3. The van der Waals surface area contributed by atoms with Gasteiger partial charge >= 0.3 is 6.18 Å². The first-order valence-electron chi connectivity index (χ1n) is 6.03. The summed E-state index contributed by atoms with van der Waals surface area (Å²) in [6, 6.07) is 11.4. The number of carbonyl (C=O) groups is 1. The van der Waals surface area contributed by atoms with Crippen molar-refractivity contribution in [1.82, 2.24) is 0 Å². The summed E-state index contributed by atoms with van der Waals surface area (Å²) < 4.78 is 37.9. The van der Waals surface area contributed by atoms with E-state index in [2.05, 4.69) is 5.32 Å². The first kappa shape index (κ1) is 15.4. The SMILES string of the molecule is CSc1cccc(NC(=O)c2cccc(C(F)(F)F)c2)c1. The van der Waals surface area contributed by atoms with Crippen molar-refractivity contribution in [2.24, 2.45) is 0 Å². The van der Waals surface area contributed by atoms with Crippen LogP contribution in [0.15, 0.2) is 53.4 Å². The Hall–Kier alpha value is -1.95. The van der Waals surface area contributed by atoms with E-state index in [1.54, 1.807) is 18.2 Å². The molecule has 0 aliphatic heterocycles. The molecular formula is C15H12F3NOS. The summed E-state index contributed by atoms with van der Waals surface area (Å²) >= 11 is 1.51. The zero-order chi connectivity index (χ0) is 15.5. The maximum Gasteiger partial charge on any atom is 0.416 e. The lowest BCUT2D eigenvalue weighted by Gasteiger charge is -2.09. The van der Waals surface area contributed by atoms with Gasteiger partial charge in [-0.2, -0.15) is 13.2 Å². The Balaban J connectivity index is 2.20. The molecule has 1 N–H and O–H groups in total. The van der Waals surface area contributed by atoms with Gasteiger partial charge in [0.05, 0.1) is 5.56 Å². The summed E-state index contributed by atoms with van der Waals surface area (Å²) in [6.45, 7) is 0. The molecule has 0 bridgehead atoms. The number of carbonyl (C=O) groups excluding carboxylic acids is 1. The third-order valence-electron chi connectivity index (χ3n) is 2.78. The van der Waals surface area contributed by atoms with E-state index in [-0.39, 0.29) is 5.56 Å². The lowest BCUT2D eigenvalue weighted by atomic mass is 10.1. The summed E-state index contributed by atoms with van der Waals surface area (Å²) in [5, 5.41) is 2.59. The topological polar surface area (TPSA) is 29.1 Å². The average molecular weight is 311 g/mol. The molecule has 2 nitrogen and oxygen atoms in total. The van der Waals surface area contributed by atoms with Gasteiger partial charge in [-0.3, -0.25) is 4.79 Å². The number of benzene rings is 2. The molecule has 0 fully saturated rings. The highest BCUT2D eigenvalue weighted by Gasteiger charge is 2.30. The Labute approximate surface area is 124 Å². The number of hydrogen-bond acceptors (Lipinski definition) is 2. The Morgan fingerprint density at radius 1 is 1.10 bits per heavy atom. The summed E-state index contributed by atoms with van der Waals surface area (Å²) in [5.74, 6) is -0.570. The predicted molar refractivity (Wildman–Crippen MR) is 77.6 cm³/mol. The van der Waals surface area contributed by atoms with Gasteiger partial charge in [-0.05, 0) is 42.7 Å². The van der Waals surface area contributed by atoms with Crippen LogP contribution in [0.25, 0.3) is 0 Å². The van der Waals surface area contributed by atoms with E-state index in [1.165, 1.54) is 23.9 Å². The fourth-order valence-corrected chi connectivity index (χ4v) is 2.20. The van der Waals surface area contributed by atoms with Crippen LogP contribution in [0.5, 0.6) is 0 Å². The molecule has 2 aromatic rings. The van der Waals surface area contributed by atoms with Crippen LogP contribution in [0.1, 0.15) is 15.9 Å². The van der Waals surface area contributed by atoms with Crippen molar-refractivity contribution in [1.29, 1.82) is 0 Å².